The van der Waals surface area contributed by atoms with Gasteiger partial charge in [0.2, 0.25) is 10.0 Å². The molecule has 4 nitrogen and oxygen atoms in total. The molecule has 1 N–H and O–H groups in total. The van der Waals surface area contributed by atoms with Gasteiger partial charge >= 0.3 is 6.18 Å². The fourth-order valence-electron chi connectivity index (χ4n) is 0.944. The van der Waals surface area contributed by atoms with Gasteiger partial charge < -0.3 is 0 Å². The maximum absolute atomic E-state index is 11.8. The van der Waals surface area contributed by atoms with Gasteiger partial charge in [-0.15, -0.1) is 0 Å². The molecule has 17 heavy (non-hydrogen) atoms. The summed E-state index contributed by atoms with van der Waals surface area (Å²) < 4.78 is 60.0. The maximum atomic E-state index is 11.8. The first-order chi connectivity index (χ1) is 7.73. The van der Waals surface area contributed by atoms with Crippen LogP contribution < -0.4 is 4.72 Å². The molecule has 0 aliphatic carbocycles. The number of rotatable bonds is 4. The standard InChI is InChI=1S/C9H8F3NO3S/c10-9(11,12)8(14)6-13-17(15,16)7-4-2-1-3-5-7/h1-5,13H,6H2. The maximum Gasteiger partial charge on any atom is 0.451 e. The van der Waals surface area contributed by atoms with Crippen molar-refractivity contribution in [3.63, 3.8) is 0 Å². The second-order valence-corrected chi connectivity index (χ2v) is 4.83. The number of hydrogen-bond acceptors (Lipinski definition) is 3. The number of sulfonamides is 1. The van der Waals surface area contributed by atoms with E-state index in [-0.39, 0.29) is 4.90 Å². The molecule has 0 heterocycles. The van der Waals surface area contributed by atoms with Crippen LogP contribution in [0.4, 0.5) is 13.2 Å². The normalized spacial score (nSPS) is 12.4. The van der Waals surface area contributed by atoms with Crippen molar-refractivity contribution in [2.75, 3.05) is 6.54 Å². The highest BCUT2D eigenvalue weighted by molar-refractivity contribution is 7.89. The zero-order chi connectivity index (χ0) is 13.1. The van der Waals surface area contributed by atoms with Gasteiger partial charge in [-0.3, -0.25) is 4.79 Å². The van der Waals surface area contributed by atoms with Crippen molar-refractivity contribution < 1.29 is 26.4 Å². The summed E-state index contributed by atoms with van der Waals surface area (Å²) in [5.41, 5.74) is 0. The number of hydrogen-bond donors (Lipinski definition) is 1. The minimum absolute atomic E-state index is 0.199. The highest BCUT2D eigenvalue weighted by atomic mass is 32.2. The lowest BCUT2D eigenvalue weighted by Crippen LogP contribution is -2.36. The topological polar surface area (TPSA) is 63.2 Å². The van der Waals surface area contributed by atoms with E-state index < -0.39 is 28.5 Å². The first-order valence-corrected chi connectivity index (χ1v) is 5.86. The Labute approximate surface area is 95.5 Å². The van der Waals surface area contributed by atoms with Gasteiger partial charge in [0, 0.05) is 0 Å². The van der Waals surface area contributed by atoms with Crippen LogP contribution in [0.5, 0.6) is 0 Å². The Hall–Kier alpha value is -1.41. The zero-order valence-corrected chi connectivity index (χ0v) is 9.18. The van der Waals surface area contributed by atoms with Gasteiger partial charge in [-0.05, 0) is 12.1 Å². The number of benzene rings is 1. The van der Waals surface area contributed by atoms with E-state index in [9.17, 15) is 26.4 Å². The Balaban J connectivity index is 2.74. The fourth-order valence-corrected chi connectivity index (χ4v) is 1.95. The van der Waals surface area contributed by atoms with Crippen LogP contribution in [0.15, 0.2) is 35.2 Å². The average molecular weight is 267 g/mol. The number of nitrogens with one attached hydrogen (secondary N) is 1. The molecule has 94 valence electrons. The van der Waals surface area contributed by atoms with Gasteiger partial charge in [0.15, 0.2) is 0 Å². The Morgan fingerprint density at radius 2 is 1.71 bits per heavy atom. The molecule has 0 bridgehead atoms. The Bertz CT molecular complexity index is 496. The lowest BCUT2D eigenvalue weighted by Gasteiger charge is -2.07. The monoisotopic (exact) mass is 267 g/mol. The molecule has 0 spiro atoms. The minimum Gasteiger partial charge on any atom is -0.288 e. The van der Waals surface area contributed by atoms with E-state index in [2.05, 4.69) is 0 Å². The smallest absolute Gasteiger partial charge is 0.288 e. The second kappa shape index (κ2) is 4.84. The van der Waals surface area contributed by atoms with Gasteiger partial charge in [0.1, 0.15) is 0 Å². The Morgan fingerprint density at radius 3 is 2.18 bits per heavy atom. The first-order valence-electron chi connectivity index (χ1n) is 4.38. The number of ketones is 1. The number of halogens is 3. The fraction of sp³-hybridized carbons (Fsp3) is 0.222. The minimum atomic E-state index is -5.04. The molecule has 0 aromatic heterocycles. The molecule has 0 unspecified atom stereocenters. The van der Waals surface area contributed by atoms with E-state index >= 15 is 0 Å². The van der Waals surface area contributed by atoms with E-state index in [0.29, 0.717) is 0 Å². The summed E-state index contributed by atoms with van der Waals surface area (Å²) in [6, 6.07) is 6.81. The predicted molar refractivity (Wildman–Crippen MR) is 52.7 cm³/mol. The molecule has 0 radical (unpaired) electrons. The number of alkyl halides is 3. The highest BCUT2D eigenvalue weighted by Gasteiger charge is 2.38. The summed E-state index contributed by atoms with van der Waals surface area (Å²) in [7, 11) is -4.09. The van der Waals surface area contributed by atoms with Gasteiger partial charge in [0.05, 0.1) is 11.4 Å². The molecule has 0 amide bonds. The second-order valence-electron chi connectivity index (χ2n) is 3.06. The summed E-state index contributed by atoms with van der Waals surface area (Å²) in [5.74, 6) is -2.14. The van der Waals surface area contributed by atoms with E-state index in [1.54, 1.807) is 10.8 Å². The number of Topliss-reactive ketones (excluding diaryl/α,β-unsaturated/α-hetero) is 1. The van der Waals surface area contributed by atoms with Crippen molar-refractivity contribution >= 4 is 15.8 Å². The van der Waals surface area contributed by atoms with Crippen LogP contribution in [0.25, 0.3) is 0 Å². The van der Waals surface area contributed by atoms with Crippen LogP contribution in [-0.4, -0.2) is 26.9 Å². The van der Waals surface area contributed by atoms with Crippen molar-refractivity contribution in [1.29, 1.82) is 0 Å². The van der Waals surface area contributed by atoms with Crippen LogP contribution in [0, 0.1) is 0 Å². The van der Waals surface area contributed by atoms with Crippen LogP contribution in [0.2, 0.25) is 0 Å². The van der Waals surface area contributed by atoms with Gasteiger partial charge in [-0.1, -0.05) is 18.2 Å². The van der Waals surface area contributed by atoms with Gasteiger partial charge in [-0.2, -0.15) is 13.2 Å². The molecule has 0 fully saturated rings. The van der Waals surface area contributed by atoms with Crippen molar-refractivity contribution in [1.82, 2.24) is 4.72 Å². The third-order valence-electron chi connectivity index (χ3n) is 1.79. The van der Waals surface area contributed by atoms with Gasteiger partial charge in [-0.25, -0.2) is 13.1 Å². The third-order valence-corrected chi connectivity index (χ3v) is 3.21. The summed E-state index contributed by atoms with van der Waals surface area (Å²) >= 11 is 0. The summed E-state index contributed by atoms with van der Waals surface area (Å²) in [6.45, 7) is -1.30. The quantitative estimate of drug-likeness (QED) is 0.888. The molecular weight excluding hydrogens is 259 g/mol. The summed E-state index contributed by atoms with van der Waals surface area (Å²) in [6.07, 6.45) is -5.04. The molecule has 1 aromatic carbocycles. The van der Waals surface area contributed by atoms with Crippen LogP contribution in [-0.2, 0) is 14.8 Å². The lowest BCUT2D eigenvalue weighted by atomic mass is 10.4. The van der Waals surface area contributed by atoms with E-state index in [0.717, 1.165) is 0 Å². The van der Waals surface area contributed by atoms with Crippen LogP contribution in [0.1, 0.15) is 0 Å². The van der Waals surface area contributed by atoms with Crippen molar-refractivity contribution in [3.05, 3.63) is 30.3 Å². The molecule has 1 aromatic rings. The van der Waals surface area contributed by atoms with Gasteiger partial charge in [0.25, 0.3) is 5.78 Å². The van der Waals surface area contributed by atoms with Crippen molar-refractivity contribution in [2.24, 2.45) is 0 Å². The predicted octanol–water partition coefficient (Wildman–Crippen LogP) is 1.10. The van der Waals surface area contributed by atoms with E-state index in [1.165, 1.54) is 24.3 Å². The highest BCUT2D eigenvalue weighted by Crippen LogP contribution is 2.15. The van der Waals surface area contributed by atoms with Crippen LogP contribution in [0.3, 0.4) is 0 Å². The number of carbonyl (C=O) groups is 1. The van der Waals surface area contributed by atoms with E-state index in [4.69, 9.17) is 0 Å². The van der Waals surface area contributed by atoms with Crippen molar-refractivity contribution in [2.45, 2.75) is 11.1 Å². The molecule has 0 aliphatic heterocycles. The average Bonchev–Trinajstić information content (AvgIpc) is 2.26. The molecule has 0 aliphatic rings. The largest absolute Gasteiger partial charge is 0.451 e. The lowest BCUT2D eigenvalue weighted by molar-refractivity contribution is -0.169. The Kier molecular flexibility index (Phi) is 3.89. The van der Waals surface area contributed by atoms with Crippen LogP contribution >= 0.6 is 0 Å². The van der Waals surface area contributed by atoms with Crippen molar-refractivity contribution in [3.8, 4) is 0 Å². The summed E-state index contributed by atoms with van der Waals surface area (Å²) in [5, 5.41) is 0. The molecular formula is C9H8F3NO3S. The first kappa shape index (κ1) is 13.7. The van der Waals surface area contributed by atoms with E-state index in [1.807, 2.05) is 0 Å². The summed E-state index contributed by atoms with van der Waals surface area (Å²) in [4.78, 5) is 10.3. The SMILES string of the molecule is O=C(CNS(=O)(=O)c1ccccc1)C(F)(F)F. The molecule has 0 atom stereocenters. The third kappa shape index (κ3) is 3.82. The zero-order valence-electron chi connectivity index (χ0n) is 8.36. The Morgan fingerprint density at radius 1 is 1.18 bits per heavy atom. The molecule has 0 saturated heterocycles. The molecule has 8 heteroatoms. The number of carbonyl (C=O) groups excluding carboxylic acids is 1. The molecule has 1 rings (SSSR count). The molecule has 0 saturated carbocycles.